The maximum Gasteiger partial charge on any atom is 0.253 e. The number of anilines is 2. The summed E-state index contributed by atoms with van der Waals surface area (Å²) in [6, 6.07) is 13.5. The van der Waals surface area contributed by atoms with E-state index < -0.39 is 0 Å². The average molecular weight is 343 g/mol. The minimum Gasteiger partial charge on any atom is -0.376 e. The molecular formula is C17H15ClN4O2. The molecule has 2 aromatic rings. The SMILES string of the molecule is CNC(=O)c1ccccc1NCC(=O)Nc1ccc(C#N)c(Cl)c1. The normalized spacial score (nSPS) is 9.71. The highest BCUT2D eigenvalue weighted by Crippen LogP contribution is 2.20. The summed E-state index contributed by atoms with van der Waals surface area (Å²) in [6.07, 6.45) is 0. The van der Waals surface area contributed by atoms with Crippen LogP contribution in [0.5, 0.6) is 0 Å². The standard InChI is InChI=1S/C17H15ClN4O2/c1-20-17(24)13-4-2-3-5-15(13)21-10-16(23)22-12-7-6-11(9-19)14(18)8-12/h2-8,21H,10H2,1H3,(H,20,24)(H,22,23). The van der Waals surface area contributed by atoms with E-state index in [0.717, 1.165) is 0 Å². The molecule has 7 heteroatoms. The summed E-state index contributed by atoms with van der Waals surface area (Å²) in [5, 5.41) is 17.2. The molecule has 0 aliphatic rings. The first-order valence-corrected chi connectivity index (χ1v) is 7.47. The molecule has 6 nitrogen and oxygen atoms in total. The summed E-state index contributed by atoms with van der Waals surface area (Å²) in [5.41, 5.74) is 1.84. The number of halogens is 1. The van der Waals surface area contributed by atoms with Crippen LogP contribution >= 0.6 is 11.6 Å². The molecule has 0 saturated heterocycles. The van der Waals surface area contributed by atoms with Crippen molar-refractivity contribution < 1.29 is 9.59 Å². The van der Waals surface area contributed by atoms with Crippen molar-refractivity contribution in [2.75, 3.05) is 24.2 Å². The minimum absolute atomic E-state index is 0.0222. The third kappa shape index (κ3) is 4.24. The fraction of sp³-hybridized carbons (Fsp3) is 0.118. The van der Waals surface area contributed by atoms with Gasteiger partial charge in [-0.15, -0.1) is 0 Å². The summed E-state index contributed by atoms with van der Waals surface area (Å²) in [4.78, 5) is 23.8. The Morgan fingerprint density at radius 1 is 1.21 bits per heavy atom. The Morgan fingerprint density at radius 2 is 1.96 bits per heavy atom. The van der Waals surface area contributed by atoms with Crippen molar-refractivity contribution in [3.63, 3.8) is 0 Å². The van der Waals surface area contributed by atoms with Crippen molar-refractivity contribution in [1.82, 2.24) is 5.32 Å². The third-order valence-corrected chi connectivity index (χ3v) is 3.52. The third-order valence-electron chi connectivity index (χ3n) is 3.21. The molecule has 0 aliphatic heterocycles. The molecule has 2 aromatic carbocycles. The minimum atomic E-state index is -0.303. The molecule has 0 spiro atoms. The van der Waals surface area contributed by atoms with Crippen LogP contribution in [0.15, 0.2) is 42.5 Å². The fourth-order valence-corrected chi connectivity index (χ4v) is 2.26. The second-order valence-corrected chi connectivity index (χ2v) is 5.24. The number of carbonyl (C=O) groups is 2. The summed E-state index contributed by atoms with van der Waals surface area (Å²) in [7, 11) is 1.54. The number of rotatable bonds is 5. The van der Waals surface area contributed by atoms with Gasteiger partial charge >= 0.3 is 0 Å². The number of nitriles is 1. The first kappa shape index (κ1) is 17.3. The van der Waals surface area contributed by atoms with Gasteiger partial charge in [-0.3, -0.25) is 9.59 Å². The lowest BCUT2D eigenvalue weighted by atomic mass is 10.1. The average Bonchev–Trinajstić information content (AvgIpc) is 2.59. The second-order valence-electron chi connectivity index (χ2n) is 4.83. The fourth-order valence-electron chi connectivity index (χ4n) is 2.03. The van der Waals surface area contributed by atoms with Crippen LogP contribution in [0.1, 0.15) is 15.9 Å². The van der Waals surface area contributed by atoms with Crippen LogP contribution in [-0.2, 0) is 4.79 Å². The van der Waals surface area contributed by atoms with Gasteiger partial charge < -0.3 is 16.0 Å². The van der Waals surface area contributed by atoms with Gasteiger partial charge in [-0.05, 0) is 30.3 Å². The highest BCUT2D eigenvalue weighted by Gasteiger charge is 2.10. The van der Waals surface area contributed by atoms with Crippen LogP contribution in [0.4, 0.5) is 11.4 Å². The summed E-state index contributed by atoms with van der Waals surface area (Å²) in [6.45, 7) is -0.0222. The van der Waals surface area contributed by atoms with Gasteiger partial charge in [0.2, 0.25) is 5.91 Å². The number of nitrogens with zero attached hydrogens (tertiary/aromatic N) is 1. The molecule has 3 N–H and O–H groups in total. The van der Waals surface area contributed by atoms with Crippen LogP contribution in [-0.4, -0.2) is 25.4 Å². The van der Waals surface area contributed by atoms with Gasteiger partial charge in [-0.25, -0.2) is 0 Å². The number of amides is 2. The van der Waals surface area contributed by atoms with Crippen molar-refractivity contribution in [2.24, 2.45) is 0 Å². The molecule has 122 valence electrons. The molecule has 0 fully saturated rings. The molecule has 0 heterocycles. The van der Waals surface area contributed by atoms with E-state index in [4.69, 9.17) is 16.9 Å². The summed E-state index contributed by atoms with van der Waals surface area (Å²) in [5.74, 6) is -0.542. The van der Waals surface area contributed by atoms with Crippen LogP contribution < -0.4 is 16.0 Å². The highest BCUT2D eigenvalue weighted by atomic mass is 35.5. The van der Waals surface area contributed by atoms with E-state index in [2.05, 4.69) is 16.0 Å². The monoisotopic (exact) mass is 342 g/mol. The van der Waals surface area contributed by atoms with Crippen LogP contribution in [0.3, 0.4) is 0 Å². The highest BCUT2D eigenvalue weighted by molar-refractivity contribution is 6.32. The van der Waals surface area contributed by atoms with Gasteiger partial charge in [0.25, 0.3) is 5.91 Å². The molecule has 2 amide bonds. The molecule has 0 aliphatic carbocycles. The number of hydrogen-bond acceptors (Lipinski definition) is 4. The number of benzene rings is 2. The van der Waals surface area contributed by atoms with Gasteiger partial charge in [0.1, 0.15) is 6.07 Å². The Balaban J connectivity index is 2.01. The van der Waals surface area contributed by atoms with Crippen molar-refractivity contribution in [3.05, 3.63) is 58.6 Å². The van der Waals surface area contributed by atoms with Gasteiger partial charge in [0.15, 0.2) is 0 Å². The Labute approximate surface area is 144 Å². The molecule has 0 saturated carbocycles. The first-order valence-electron chi connectivity index (χ1n) is 7.09. The molecular weight excluding hydrogens is 328 g/mol. The smallest absolute Gasteiger partial charge is 0.253 e. The second kappa shape index (κ2) is 7.99. The lowest BCUT2D eigenvalue weighted by Gasteiger charge is -2.11. The quantitative estimate of drug-likeness (QED) is 0.778. The van der Waals surface area contributed by atoms with Crippen molar-refractivity contribution in [3.8, 4) is 6.07 Å². The predicted molar refractivity (Wildman–Crippen MR) is 93.1 cm³/mol. The zero-order chi connectivity index (χ0) is 17.5. The van der Waals surface area contributed by atoms with Gasteiger partial charge in [0.05, 0.1) is 22.7 Å². The van der Waals surface area contributed by atoms with E-state index >= 15 is 0 Å². The van der Waals surface area contributed by atoms with E-state index in [1.807, 2.05) is 6.07 Å². The summed E-state index contributed by atoms with van der Waals surface area (Å²) >= 11 is 5.92. The molecule has 24 heavy (non-hydrogen) atoms. The zero-order valence-electron chi connectivity index (χ0n) is 12.9. The molecule has 0 unspecified atom stereocenters. The Bertz CT molecular complexity index is 814. The van der Waals surface area contributed by atoms with Gasteiger partial charge in [0, 0.05) is 18.4 Å². The Morgan fingerprint density at radius 3 is 2.62 bits per heavy atom. The topological polar surface area (TPSA) is 94.0 Å². The van der Waals surface area contributed by atoms with Crippen LogP contribution in [0.2, 0.25) is 5.02 Å². The lowest BCUT2D eigenvalue weighted by Crippen LogP contribution is -2.24. The van der Waals surface area contributed by atoms with Crippen molar-refractivity contribution in [2.45, 2.75) is 0 Å². The molecule has 2 rings (SSSR count). The number of carbonyl (C=O) groups excluding carboxylic acids is 2. The maximum atomic E-state index is 12.0. The van der Waals surface area contributed by atoms with Crippen molar-refractivity contribution in [1.29, 1.82) is 5.26 Å². The van der Waals surface area contributed by atoms with Crippen LogP contribution in [0, 0.1) is 11.3 Å². The van der Waals surface area contributed by atoms with E-state index in [1.165, 1.54) is 12.1 Å². The molecule has 0 bridgehead atoms. The van der Waals surface area contributed by atoms with E-state index in [9.17, 15) is 9.59 Å². The molecule has 0 aromatic heterocycles. The van der Waals surface area contributed by atoms with Gasteiger partial charge in [-0.2, -0.15) is 5.26 Å². The Kier molecular flexibility index (Phi) is 5.77. The zero-order valence-corrected chi connectivity index (χ0v) is 13.6. The maximum absolute atomic E-state index is 12.0. The van der Waals surface area contributed by atoms with Crippen LogP contribution in [0.25, 0.3) is 0 Å². The van der Waals surface area contributed by atoms with E-state index in [0.29, 0.717) is 22.5 Å². The number of hydrogen-bond donors (Lipinski definition) is 3. The summed E-state index contributed by atoms with van der Waals surface area (Å²) < 4.78 is 0. The Hall–Kier alpha value is -3.04. The predicted octanol–water partition coefficient (Wildman–Crippen LogP) is 2.62. The largest absolute Gasteiger partial charge is 0.376 e. The number of nitrogens with one attached hydrogen (secondary N) is 3. The van der Waals surface area contributed by atoms with E-state index in [-0.39, 0.29) is 23.4 Å². The lowest BCUT2D eigenvalue weighted by molar-refractivity contribution is -0.114. The van der Waals surface area contributed by atoms with Crippen molar-refractivity contribution >= 4 is 34.8 Å². The van der Waals surface area contributed by atoms with E-state index in [1.54, 1.807) is 37.4 Å². The molecule has 0 radical (unpaired) electrons. The number of para-hydroxylation sites is 1. The van der Waals surface area contributed by atoms with Gasteiger partial charge in [-0.1, -0.05) is 23.7 Å². The molecule has 0 atom stereocenters. The first-order chi connectivity index (χ1) is 11.5.